The molecular weight excluding hydrogens is 152 g/mol. The third kappa shape index (κ3) is 5.11. The van der Waals surface area contributed by atoms with E-state index in [0.717, 1.165) is 19.5 Å². The van der Waals surface area contributed by atoms with Gasteiger partial charge in [0.2, 0.25) is 0 Å². The normalized spacial score (nSPS) is 10.7. The first-order valence-corrected chi connectivity index (χ1v) is 4.44. The van der Waals surface area contributed by atoms with Crippen LogP contribution < -0.4 is 0 Å². The molecule has 0 radical (unpaired) electrons. The van der Waals surface area contributed by atoms with Crippen molar-refractivity contribution in [2.24, 2.45) is 0 Å². The van der Waals surface area contributed by atoms with E-state index in [4.69, 9.17) is 10.4 Å². The van der Waals surface area contributed by atoms with Crippen LogP contribution in [-0.2, 0) is 0 Å². The molecule has 0 aliphatic rings. The summed E-state index contributed by atoms with van der Waals surface area (Å²) >= 11 is 0. The lowest BCUT2D eigenvalue weighted by Gasteiger charge is -2.24. The van der Waals surface area contributed by atoms with Crippen molar-refractivity contribution in [2.45, 2.75) is 32.7 Å². The second-order valence-corrected chi connectivity index (χ2v) is 3.11. The molecule has 0 amide bonds. The molecule has 0 aliphatic carbocycles. The summed E-state index contributed by atoms with van der Waals surface area (Å²) in [6.45, 7) is 6.14. The number of aliphatic hydroxyl groups is 1. The van der Waals surface area contributed by atoms with E-state index in [1.54, 1.807) is 0 Å². The molecule has 0 rings (SSSR count). The van der Waals surface area contributed by atoms with Gasteiger partial charge in [0.1, 0.15) is 0 Å². The van der Waals surface area contributed by atoms with E-state index in [1.165, 1.54) is 0 Å². The summed E-state index contributed by atoms with van der Waals surface area (Å²) in [5, 5.41) is 17.0. The summed E-state index contributed by atoms with van der Waals surface area (Å²) < 4.78 is 0. The fraction of sp³-hybridized carbons (Fsp3) is 0.889. The highest BCUT2D eigenvalue weighted by molar-refractivity contribution is 4.73. The first-order chi connectivity index (χ1) is 5.72. The van der Waals surface area contributed by atoms with Crippen LogP contribution in [0.5, 0.6) is 0 Å². The zero-order chi connectivity index (χ0) is 9.40. The highest BCUT2D eigenvalue weighted by Crippen LogP contribution is 2.00. The van der Waals surface area contributed by atoms with Crippen molar-refractivity contribution in [3.8, 4) is 6.07 Å². The summed E-state index contributed by atoms with van der Waals surface area (Å²) in [6.07, 6.45) is 1.37. The van der Waals surface area contributed by atoms with Crippen LogP contribution in [0.1, 0.15) is 26.7 Å². The molecule has 0 aliphatic heterocycles. The van der Waals surface area contributed by atoms with E-state index in [9.17, 15) is 0 Å². The van der Waals surface area contributed by atoms with Gasteiger partial charge in [-0.3, -0.25) is 4.90 Å². The van der Waals surface area contributed by atoms with E-state index in [1.807, 2.05) is 0 Å². The molecule has 12 heavy (non-hydrogen) atoms. The summed E-state index contributed by atoms with van der Waals surface area (Å²) in [6, 6.07) is 2.59. The Morgan fingerprint density at radius 3 is 2.50 bits per heavy atom. The first-order valence-electron chi connectivity index (χ1n) is 4.44. The van der Waals surface area contributed by atoms with Crippen molar-refractivity contribution >= 4 is 0 Å². The molecule has 0 aromatic rings. The van der Waals surface area contributed by atoms with Gasteiger partial charge in [0.25, 0.3) is 0 Å². The first kappa shape index (κ1) is 11.4. The van der Waals surface area contributed by atoms with Crippen molar-refractivity contribution in [3.63, 3.8) is 0 Å². The zero-order valence-corrected chi connectivity index (χ0v) is 7.95. The number of nitrogens with zero attached hydrogens (tertiary/aromatic N) is 2. The Bertz CT molecular complexity index is 140. The second-order valence-electron chi connectivity index (χ2n) is 3.11. The molecule has 0 aromatic carbocycles. The van der Waals surface area contributed by atoms with Gasteiger partial charge in [-0.1, -0.05) is 0 Å². The van der Waals surface area contributed by atoms with Gasteiger partial charge in [0.05, 0.1) is 6.07 Å². The number of nitriles is 1. The molecule has 0 saturated heterocycles. The van der Waals surface area contributed by atoms with Crippen molar-refractivity contribution in [1.29, 1.82) is 5.26 Å². The summed E-state index contributed by atoms with van der Waals surface area (Å²) in [5.41, 5.74) is 0. The van der Waals surface area contributed by atoms with Crippen LogP contribution >= 0.6 is 0 Å². The molecular formula is C9H18N2O. The van der Waals surface area contributed by atoms with Gasteiger partial charge < -0.3 is 5.11 Å². The largest absolute Gasteiger partial charge is 0.396 e. The third-order valence-electron chi connectivity index (χ3n) is 1.84. The van der Waals surface area contributed by atoms with Crippen LogP contribution in [0.25, 0.3) is 0 Å². The maximum absolute atomic E-state index is 8.63. The van der Waals surface area contributed by atoms with Gasteiger partial charge in [-0.25, -0.2) is 0 Å². The average molecular weight is 170 g/mol. The highest BCUT2D eigenvalue weighted by atomic mass is 16.3. The monoisotopic (exact) mass is 170 g/mol. The smallest absolute Gasteiger partial charge is 0.0635 e. The van der Waals surface area contributed by atoms with Crippen LogP contribution in [0.4, 0.5) is 0 Å². The topological polar surface area (TPSA) is 47.3 Å². The van der Waals surface area contributed by atoms with E-state index in [0.29, 0.717) is 12.5 Å². The number of aliphatic hydroxyl groups excluding tert-OH is 1. The molecule has 0 fully saturated rings. The SMILES string of the molecule is CC(C)N(CCC#N)CCCO. The Kier molecular flexibility index (Phi) is 6.73. The van der Waals surface area contributed by atoms with Gasteiger partial charge in [0.15, 0.2) is 0 Å². The molecule has 0 spiro atoms. The quantitative estimate of drug-likeness (QED) is 0.646. The van der Waals surface area contributed by atoms with Crippen LogP contribution in [0.15, 0.2) is 0 Å². The van der Waals surface area contributed by atoms with Crippen LogP contribution in [0.2, 0.25) is 0 Å². The highest BCUT2D eigenvalue weighted by Gasteiger charge is 2.07. The third-order valence-corrected chi connectivity index (χ3v) is 1.84. The van der Waals surface area contributed by atoms with Crippen molar-refractivity contribution in [1.82, 2.24) is 4.90 Å². The number of hydrogen-bond acceptors (Lipinski definition) is 3. The lowest BCUT2D eigenvalue weighted by Crippen LogP contribution is -2.33. The van der Waals surface area contributed by atoms with E-state index in [2.05, 4.69) is 24.8 Å². The average Bonchev–Trinajstić information content (AvgIpc) is 2.04. The second kappa shape index (κ2) is 7.08. The van der Waals surface area contributed by atoms with Crippen molar-refractivity contribution in [3.05, 3.63) is 0 Å². The Morgan fingerprint density at radius 1 is 1.42 bits per heavy atom. The number of rotatable bonds is 6. The molecule has 0 bridgehead atoms. The molecule has 0 unspecified atom stereocenters. The molecule has 3 heteroatoms. The predicted octanol–water partition coefficient (Wildman–Crippen LogP) is 0.993. The van der Waals surface area contributed by atoms with Crippen LogP contribution in [0.3, 0.4) is 0 Å². The minimum absolute atomic E-state index is 0.232. The van der Waals surface area contributed by atoms with Crippen molar-refractivity contribution < 1.29 is 5.11 Å². The van der Waals surface area contributed by atoms with Crippen LogP contribution in [-0.4, -0.2) is 35.7 Å². The molecule has 0 heterocycles. The lowest BCUT2D eigenvalue weighted by molar-refractivity contribution is 0.195. The Hall–Kier alpha value is -0.590. The maximum Gasteiger partial charge on any atom is 0.0635 e. The Balaban J connectivity index is 3.64. The van der Waals surface area contributed by atoms with Gasteiger partial charge in [-0.05, 0) is 20.3 Å². The molecule has 3 nitrogen and oxygen atoms in total. The summed E-state index contributed by atoms with van der Waals surface area (Å²) in [5.74, 6) is 0. The Morgan fingerprint density at radius 2 is 2.08 bits per heavy atom. The molecule has 70 valence electrons. The predicted molar refractivity (Wildman–Crippen MR) is 48.6 cm³/mol. The number of hydrogen-bond donors (Lipinski definition) is 1. The van der Waals surface area contributed by atoms with E-state index < -0.39 is 0 Å². The van der Waals surface area contributed by atoms with E-state index >= 15 is 0 Å². The molecule has 0 aromatic heterocycles. The van der Waals surface area contributed by atoms with Gasteiger partial charge in [-0.15, -0.1) is 0 Å². The van der Waals surface area contributed by atoms with Crippen molar-refractivity contribution in [2.75, 3.05) is 19.7 Å². The molecule has 1 N–H and O–H groups in total. The maximum atomic E-state index is 8.63. The lowest BCUT2D eigenvalue weighted by atomic mass is 10.2. The summed E-state index contributed by atoms with van der Waals surface area (Å²) in [4.78, 5) is 2.21. The molecule has 0 atom stereocenters. The van der Waals surface area contributed by atoms with Crippen LogP contribution in [0, 0.1) is 11.3 Å². The van der Waals surface area contributed by atoms with E-state index in [-0.39, 0.29) is 6.61 Å². The standard InChI is InChI=1S/C9H18N2O/c1-9(2)11(6-3-5-10)7-4-8-12/h9,12H,3-4,6-8H2,1-2H3. The van der Waals surface area contributed by atoms with Gasteiger partial charge in [-0.2, -0.15) is 5.26 Å². The minimum atomic E-state index is 0.232. The fourth-order valence-electron chi connectivity index (χ4n) is 1.10. The van der Waals surface area contributed by atoms with Gasteiger partial charge in [0, 0.05) is 32.2 Å². The Labute approximate surface area is 74.6 Å². The minimum Gasteiger partial charge on any atom is -0.396 e. The fourth-order valence-corrected chi connectivity index (χ4v) is 1.10. The van der Waals surface area contributed by atoms with Gasteiger partial charge >= 0.3 is 0 Å². The zero-order valence-electron chi connectivity index (χ0n) is 7.95. The summed E-state index contributed by atoms with van der Waals surface area (Å²) in [7, 11) is 0. The molecule has 0 saturated carbocycles.